The van der Waals surface area contributed by atoms with Crippen LogP contribution in [0.15, 0.2) is 58.8 Å². The number of fused-ring (bicyclic) bond motifs is 2. The number of hydrogen-bond acceptors (Lipinski definition) is 2. The third-order valence-corrected chi connectivity index (χ3v) is 6.75. The van der Waals surface area contributed by atoms with Gasteiger partial charge in [0.05, 0.1) is 11.4 Å². The van der Waals surface area contributed by atoms with Gasteiger partial charge >= 0.3 is 0 Å². The van der Waals surface area contributed by atoms with Gasteiger partial charge < -0.3 is 4.90 Å². The van der Waals surface area contributed by atoms with E-state index in [0.29, 0.717) is 0 Å². The predicted molar refractivity (Wildman–Crippen MR) is 126 cm³/mol. The minimum absolute atomic E-state index is 1.09. The summed E-state index contributed by atoms with van der Waals surface area (Å²) in [6, 6.07) is 15.4. The largest absolute Gasteiger partial charge is 0.339 e. The molecule has 0 N–H and O–H groups in total. The van der Waals surface area contributed by atoms with Crippen molar-refractivity contribution in [2.24, 2.45) is 0 Å². The fourth-order valence-corrected chi connectivity index (χ4v) is 5.21. The second kappa shape index (κ2) is 11.4. The fraction of sp³-hybridized carbons (Fsp3) is 0.462. The summed E-state index contributed by atoms with van der Waals surface area (Å²) in [4.78, 5) is 5.25. The van der Waals surface area contributed by atoms with Crippen LogP contribution in [0.25, 0.3) is 6.08 Å². The van der Waals surface area contributed by atoms with Gasteiger partial charge in [-0.25, -0.2) is 0 Å². The van der Waals surface area contributed by atoms with Crippen molar-refractivity contribution < 1.29 is 0 Å². The van der Waals surface area contributed by atoms with Gasteiger partial charge in [0.2, 0.25) is 0 Å². The highest BCUT2D eigenvalue weighted by atomic mass is 32.2. The molecule has 2 aromatic rings. The normalized spacial score (nSPS) is 12.5. The summed E-state index contributed by atoms with van der Waals surface area (Å²) in [5.74, 6) is 0. The highest BCUT2D eigenvalue weighted by Gasteiger charge is 2.24. The Kier molecular flexibility index (Phi) is 8.54. The minimum atomic E-state index is 1.09. The van der Waals surface area contributed by atoms with E-state index < -0.39 is 0 Å². The molecular formula is C26H35NS. The number of anilines is 2. The molecule has 0 bridgehead atoms. The van der Waals surface area contributed by atoms with E-state index in [1.165, 1.54) is 90.9 Å². The van der Waals surface area contributed by atoms with Crippen LogP contribution < -0.4 is 4.90 Å². The lowest BCUT2D eigenvalue weighted by Crippen LogP contribution is -2.22. The van der Waals surface area contributed by atoms with Crippen LogP contribution in [-0.2, 0) is 0 Å². The van der Waals surface area contributed by atoms with Gasteiger partial charge in [-0.1, -0.05) is 113 Å². The highest BCUT2D eigenvalue weighted by molar-refractivity contribution is 7.99. The Labute approximate surface area is 176 Å². The monoisotopic (exact) mass is 393 g/mol. The lowest BCUT2D eigenvalue weighted by Gasteiger charge is -2.34. The average Bonchev–Trinajstić information content (AvgIpc) is 2.73. The molecular weight excluding hydrogens is 358 g/mol. The average molecular weight is 394 g/mol. The summed E-state index contributed by atoms with van der Waals surface area (Å²) >= 11 is 1.88. The van der Waals surface area contributed by atoms with Gasteiger partial charge in [-0.3, -0.25) is 0 Å². The molecule has 1 nitrogen and oxygen atoms in total. The smallest absolute Gasteiger partial charge is 0.0626 e. The SMILES string of the molecule is C=Cc1cccc2c1N(CCCCCCCCCCCC)c1ccccc1S2. The standard InChI is InChI=1S/C26H35NS/c1-3-5-6-7-8-9-10-11-12-15-21-27-23-18-13-14-19-24(23)28-25-20-16-17-22(4-2)26(25)27/h4,13-14,16-20H,2-3,5-12,15,21H2,1H3. The van der Waals surface area contributed by atoms with E-state index in [9.17, 15) is 0 Å². The number of benzene rings is 2. The second-order valence-electron chi connectivity index (χ2n) is 7.80. The molecule has 1 aliphatic heterocycles. The van der Waals surface area contributed by atoms with Crippen LogP contribution in [0.2, 0.25) is 0 Å². The number of rotatable bonds is 12. The molecule has 2 aromatic carbocycles. The maximum absolute atomic E-state index is 4.05. The van der Waals surface area contributed by atoms with Gasteiger partial charge in [-0.2, -0.15) is 0 Å². The molecule has 0 atom stereocenters. The van der Waals surface area contributed by atoms with Gasteiger partial charge in [-0.05, 0) is 30.2 Å². The molecule has 1 heterocycles. The van der Waals surface area contributed by atoms with E-state index in [1.54, 1.807) is 0 Å². The Balaban J connectivity index is 1.53. The van der Waals surface area contributed by atoms with E-state index in [2.05, 4.69) is 60.9 Å². The fourth-order valence-electron chi connectivity index (χ4n) is 4.07. The zero-order valence-electron chi connectivity index (χ0n) is 17.5. The van der Waals surface area contributed by atoms with Crippen LogP contribution in [0.1, 0.15) is 76.7 Å². The van der Waals surface area contributed by atoms with Crippen molar-refractivity contribution in [1.82, 2.24) is 0 Å². The molecule has 0 aromatic heterocycles. The Bertz CT molecular complexity index is 752. The van der Waals surface area contributed by atoms with E-state index in [0.717, 1.165) is 6.54 Å². The van der Waals surface area contributed by atoms with Crippen molar-refractivity contribution in [1.29, 1.82) is 0 Å². The van der Waals surface area contributed by atoms with Crippen molar-refractivity contribution in [3.8, 4) is 0 Å². The van der Waals surface area contributed by atoms with Gasteiger partial charge in [0.1, 0.15) is 0 Å². The second-order valence-corrected chi connectivity index (χ2v) is 8.89. The van der Waals surface area contributed by atoms with E-state index >= 15 is 0 Å². The Morgan fingerprint density at radius 3 is 2.14 bits per heavy atom. The van der Waals surface area contributed by atoms with Crippen molar-refractivity contribution in [2.45, 2.75) is 80.9 Å². The number of hydrogen-bond donors (Lipinski definition) is 0. The third kappa shape index (κ3) is 5.44. The van der Waals surface area contributed by atoms with Crippen LogP contribution >= 0.6 is 11.8 Å². The predicted octanol–water partition coefficient (Wildman–Crippen LogP) is 8.85. The molecule has 0 radical (unpaired) electrons. The van der Waals surface area contributed by atoms with Gasteiger partial charge in [0.15, 0.2) is 0 Å². The molecule has 0 saturated heterocycles. The number of nitrogens with zero attached hydrogens (tertiary/aromatic N) is 1. The summed E-state index contributed by atoms with van der Waals surface area (Å²) in [7, 11) is 0. The molecule has 0 aliphatic carbocycles. The topological polar surface area (TPSA) is 3.24 Å². The van der Waals surface area contributed by atoms with Crippen LogP contribution in [0, 0.1) is 0 Å². The first-order valence-corrected chi connectivity index (χ1v) is 12.0. The molecule has 1 aliphatic rings. The third-order valence-electron chi connectivity index (χ3n) is 5.63. The van der Waals surface area contributed by atoms with E-state index in [1.807, 2.05) is 17.8 Å². The number of para-hydroxylation sites is 2. The van der Waals surface area contributed by atoms with Crippen molar-refractivity contribution in [3.05, 3.63) is 54.6 Å². The molecule has 28 heavy (non-hydrogen) atoms. The Morgan fingerprint density at radius 2 is 1.43 bits per heavy atom. The number of unbranched alkanes of at least 4 members (excludes halogenated alkanes) is 9. The quantitative estimate of drug-likeness (QED) is 0.331. The zero-order valence-corrected chi connectivity index (χ0v) is 18.3. The lowest BCUT2D eigenvalue weighted by molar-refractivity contribution is 0.557. The molecule has 0 fully saturated rings. The lowest BCUT2D eigenvalue weighted by atomic mass is 10.1. The first-order chi connectivity index (χ1) is 13.8. The minimum Gasteiger partial charge on any atom is -0.339 e. The van der Waals surface area contributed by atoms with Crippen LogP contribution in [0.4, 0.5) is 11.4 Å². The Morgan fingerprint density at radius 1 is 0.786 bits per heavy atom. The molecule has 3 rings (SSSR count). The zero-order chi connectivity index (χ0) is 19.6. The summed E-state index contributed by atoms with van der Waals surface area (Å²) < 4.78 is 0. The van der Waals surface area contributed by atoms with Crippen molar-refractivity contribution in [2.75, 3.05) is 11.4 Å². The van der Waals surface area contributed by atoms with E-state index in [-0.39, 0.29) is 0 Å². The first kappa shape index (κ1) is 21.0. The van der Waals surface area contributed by atoms with Crippen molar-refractivity contribution in [3.63, 3.8) is 0 Å². The Hall–Kier alpha value is -1.67. The maximum atomic E-state index is 4.05. The van der Waals surface area contributed by atoms with Crippen molar-refractivity contribution >= 4 is 29.2 Å². The molecule has 0 unspecified atom stereocenters. The van der Waals surface area contributed by atoms with Crippen LogP contribution in [0.5, 0.6) is 0 Å². The molecule has 2 heteroatoms. The first-order valence-electron chi connectivity index (χ1n) is 11.1. The van der Waals surface area contributed by atoms with E-state index in [4.69, 9.17) is 0 Å². The summed E-state index contributed by atoms with van der Waals surface area (Å²) in [5.41, 5.74) is 3.94. The molecule has 0 spiro atoms. The van der Waals surface area contributed by atoms with Gasteiger partial charge in [0.25, 0.3) is 0 Å². The van der Waals surface area contributed by atoms with Crippen LogP contribution in [-0.4, -0.2) is 6.54 Å². The van der Waals surface area contributed by atoms with Crippen LogP contribution in [0.3, 0.4) is 0 Å². The summed E-state index contributed by atoms with van der Waals surface area (Å²) in [5, 5.41) is 0. The molecule has 0 saturated carbocycles. The summed E-state index contributed by atoms with van der Waals surface area (Å²) in [6.45, 7) is 7.43. The molecule has 0 amide bonds. The van der Waals surface area contributed by atoms with Gasteiger partial charge in [-0.15, -0.1) is 0 Å². The maximum Gasteiger partial charge on any atom is 0.0626 e. The highest BCUT2D eigenvalue weighted by Crippen LogP contribution is 2.49. The summed E-state index contributed by atoms with van der Waals surface area (Å²) in [6.07, 6.45) is 15.8. The molecule has 150 valence electrons. The van der Waals surface area contributed by atoms with Gasteiger partial charge in [0, 0.05) is 16.3 Å².